The van der Waals surface area contributed by atoms with Gasteiger partial charge in [0.15, 0.2) is 0 Å². The van der Waals surface area contributed by atoms with Gasteiger partial charge in [0.25, 0.3) is 0 Å². The summed E-state index contributed by atoms with van der Waals surface area (Å²) in [4.78, 5) is 15.0. The highest BCUT2D eigenvalue weighted by Gasteiger charge is 2.11. The second kappa shape index (κ2) is 5.47. The predicted octanol–water partition coefficient (Wildman–Crippen LogP) is 4.14. The van der Waals surface area contributed by atoms with Gasteiger partial charge in [-0.05, 0) is 30.7 Å². The average Bonchev–Trinajstić information content (AvgIpc) is 2.34. The summed E-state index contributed by atoms with van der Waals surface area (Å²) in [6, 6.07) is 6.86. The lowest BCUT2D eigenvalue weighted by molar-refractivity contribution is 0.0697. The van der Waals surface area contributed by atoms with Crippen LogP contribution in [-0.2, 0) is 0 Å². The third-order valence-corrected chi connectivity index (χ3v) is 3.09. The van der Waals surface area contributed by atoms with Gasteiger partial charge in [-0.3, -0.25) is 0 Å². The summed E-state index contributed by atoms with van der Waals surface area (Å²) >= 11 is 11.8. The van der Waals surface area contributed by atoms with Crippen molar-refractivity contribution < 1.29 is 9.90 Å². The highest BCUT2D eigenvalue weighted by atomic mass is 35.5. The van der Waals surface area contributed by atoms with Crippen LogP contribution in [0.2, 0.25) is 10.0 Å². The molecule has 0 saturated carbocycles. The Labute approximate surface area is 120 Å². The molecule has 6 heteroatoms. The number of hydrogen-bond donors (Lipinski definition) is 2. The average molecular weight is 297 g/mol. The number of carbonyl (C=O) groups is 1. The van der Waals surface area contributed by atoms with Crippen molar-refractivity contribution in [3.63, 3.8) is 0 Å². The molecule has 0 aliphatic heterocycles. The largest absolute Gasteiger partial charge is 0.478 e. The van der Waals surface area contributed by atoms with E-state index in [9.17, 15) is 4.79 Å². The van der Waals surface area contributed by atoms with Gasteiger partial charge < -0.3 is 10.4 Å². The normalized spacial score (nSPS) is 10.3. The monoisotopic (exact) mass is 296 g/mol. The number of aromatic carboxylic acids is 1. The lowest BCUT2D eigenvalue weighted by atomic mass is 10.2. The van der Waals surface area contributed by atoms with Gasteiger partial charge >= 0.3 is 5.97 Å². The van der Waals surface area contributed by atoms with Crippen LogP contribution < -0.4 is 5.32 Å². The van der Waals surface area contributed by atoms with E-state index in [1.54, 1.807) is 12.1 Å². The van der Waals surface area contributed by atoms with Gasteiger partial charge in [-0.1, -0.05) is 29.3 Å². The third-order valence-electron chi connectivity index (χ3n) is 2.47. The summed E-state index contributed by atoms with van der Waals surface area (Å²) in [6.07, 6.45) is 1.29. The van der Waals surface area contributed by atoms with Gasteiger partial charge in [-0.2, -0.15) is 0 Å². The van der Waals surface area contributed by atoms with Crippen molar-refractivity contribution >= 4 is 40.7 Å². The first-order valence-electron chi connectivity index (χ1n) is 5.39. The molecule has 0 atom stereocenters. The van der Waals surface area contributed by atoms with Crippen molar-refractivity contribution in [3.8, 4) is 0 Å². The molecule has 0 spiro atoms. The van der Waals surface area contributed by atoms with E-state index in [-0.39, 0.29) is 10.6 Å². The molecule has 0 bridgehead atoms. The van der Waals surface area contributed by atoms with Crippen molar-refractivity contribution in [2.24, 2.45) is 0 Å². The van der Waals surface area contributed by atoms with E-state index in [1.807, 2.05) is 13.0 Å². The Bertz CT molecular complexity index is 645. The zero-order valence-corrected chi connectivity index (χ0v) is 11.5. The zero-order chi connectivity index (χ0) is 14.0. The summed E-state index contributed by atoms with van der Waals surface area (Å²) in [5.41, 5.74) is 1.67. The third kappa shape index (κ3) is 3.16. The Kier molecular flexibility index (Phi) is 3.93. The fourth-order valence-corrected chi connectivity index (χ4v) is 2.00. The van der Waals surface area contributed by atoms with Gasteiger partial charge in [-0.25, -0.2) is 9.78 Å². The van der Waals surface area contributed by atoms with Crippen LogP contribution in [0.1, 0.15) is 15.9 Å². The van der Waals surface area contributed by atoms with E-state index in [0.717, 1.165) is 5.56 Å². The van der Waals surface area contributed by atoms with E-state index < -0.39 is 5.97 Å². The second-order valence-electron chi connectivity index (χ2n) is 3.96. The van der Waals surface area contributed by atoms with Crippen molar-refractivity contribution in [3.05, 3.63) is 51.6 Å². The fraction of sp³-hybridized carbons (Fsp3) is 0.0769. The van der Waals surface area contributed by atoms with Crippen LogP contribution >= 0.6 is 23.2 Å². The highest BCUT2D eigenvalue weighted by molar-refractivity contribution is 6.34. The lowest BCUT2D eigenvalue weighted by Crippen LogP contribution is -2.01. The van der Waals surface area contributed by atoms with Crippen molar-refractivity contribution in [2.75, 3.05) is 5.32 Å². The van der Waals surface area contributed by atoms with E-state index in [2.05, 4.69) is 10.3 Å². The summed E-state index contributed by atoms with van der Waals surface area (Å²) in [6.45, 7) is 1.93. The summed E-state index contributed by atoms with van der Waals surface area (Å²) in [7, 11) is 0. The molecule has 0 unspecified atom stereocenters. The summed E-state index contributed by atoms with van der Waals surface area (Å²) in [5.74, 6) is -0.738. The topological polar surface area (TPSA) is 62.2 Å². The van der Waals surface area contributed by atoms with E-state index in [0.29, 0.717) is 16.5 Å². The standard InChI is InChI=1S/C13H10Cl2N2O2/c1-7-2-3-11(9(14)4-7)17-12-5-8(13(18)19)10(15)6-16-12/h2-6H,1H3,(H,16,17)(H,18,19). The molecule has 0 aliphatic carbocycles. The second-order valence-corrected chi connectivity index (χ2v) is 4.78. The zero-order valence-electron chi connectivity index (χ0n) is 9.95. The number of anilines is 2. The number of halogens is 2. The van der Waals surface area contributed by atoms with Crippen LogP contribution in [0.5, 0.6) is 0 Å². The smallest absolute Gasteiger partial charge is 0.337 e. The van der Waals surface area contributed by atoms with Crippen molar-refractivity contribution in [1.29, 1.82) is 0 Å². The highest BCUT2D eigenvalue weighted by Crippen LogP contribution is 2.27. The first-order chi connectivity index (χ1) is 8.97. The molecule has 19 heavy (non-hydrogen) atoms. The van der Waals surface area contributed by atoms with Crippen LogP contribution in [0.4, 0.5) is 11.5 Å². The molecule has 0 saturated heterocycles. The molecule has 1 aromatic carbocycles. The number of benzene rings is 1. The fourth-order valence-electron chi connectivity index (χ4n) is 1.53. The molecule has 4 nitrogen and oxygen atoms in total. The molecule has 0 aliphatic rings. The Balaban J connectivity index is 2.33. The van der Waals surface area contributed by atoms with Crippen molar-refractivity contribution in [1.82, 2.24) is 4.98 Å². The number of aryl methyl sites for hydroxylation is 1. The molecule has 2 aromatic rings. The number of aromatic nitrogens is 1. The van der Waals surface area contributed by atoms with E-state index in [1.165, 1.54) is 12.3 Å². The minimum Gasteiger partial charge on any atom is -0.478 e. The molecule has 1 aromatic heterocycles. The number of nitrogens with one attached hydrogen (secondary N) is 1. The van der Waals surface area contributed by atoms with Crippen LogP contribution in [0.25, 0.3) is 0 Å². The molecule has 1 heterocycles. The summed E-state index contributed by atoms with van der Waals surface area (Å²) in [5, 5.41) is 12.6. The van der Waals surface area contributed by atoms with E-state index in [4.69, 9.17) is 28.3 Å². The Morgan fingerprint density at radius 3 is 2.63 bits per heavy atom. The van der Waals surface area contributed by atoms with Gasteiger partial charge in [0, 0.05) is 6.20 Å². The predicted molar refractivity (Wildman–Crippen MR) is 75.7 cm³/mol. The van der Waals surface area contributed by atoms with E-state index >= 15 is 0 Å². The van der Waals surface area contributed by atoms with Gasteiger partial charge in [-0.15, -0.1) is 0 Å². The maximum Gasteiger partial charge on any atom is 0.337 e. The van der Waals surface area contributed by atoms with Crippen LogP contribution in [0.3, 0.4) is 0 Å². The number of hydrogen-bond acceptors (Lipinski definition) is 3. The van der Waals surface area contributed by atoms with Crippen molar-refractivity contribution in [2.45, 2.75) is 6.92 Å². The first kappa shape index (κ1) is 13.6. The maximum absolute atomic E-state index is 11.0. The molecule has 2 N–H and O–H groups in total. The molecule has 0 radical (unpaired) electrons. The van der Waals surface area contributed by atoms with Gasteiger partial charge in [0.05, 0.1) is 21.3 Å². The molecule has 0 amide bonds. The number of carboxylic acids is 1. The Morgan fingerprint density at radius 2 is 2.00 bits per heavy atom. The molecular weight excluding hydrogens is 287 g/mol. The number of pyridine rings is 1. The lowest BCUT2D eigenvalue weighted by Gasteiger charge is -2.09. The minimum absolute atomic E-state index is 0.0117. The van der Waals surface area contributed by atoms with Gasteiger partial charge in [0.1, 0.15) is 5.82 Å². The molecular formula is C13H10Cl2N2O2. The molecule has 2 rings (SSSR count). The van der Waals surface area contributed by atoms with Gasteiger partial charge in [0.2, 0.25) is 0 Å². The maximum atomic E-state index is 11.0. The molecule has 98 valence electrons. The number of carboxylic acid groups (broad SMARTS) is 1. The van der Waals surface area contributed by atoms with Crippen LogP contribution in [0, 0.1) is 6.92 Å². The Morgan fingerprint density at radius 1 is 1.26 bits per heavy atom. The number of nitrogens with zero attached hydrogens (tertiary/aromatic N) is 1. The molecule has 0 fully saturated rings. The minimum atomic E-state index is -1.11. The van der Waals surface area contributed by atoms with Crippen LogP contribution in [0.15, 0.2) is 30.5 Å². The first-order valence-corrected chi connectivity index (χ1v) is 6.15. The SMILES string of the molecule is Cc1ccc(Nc2cc(C(=O)O)c(Cl)cn2)c(Cl)c1. The van der Waals surface area contributed by atoms with Crippen LogP contribution in [-0.4, -0.2) is 16.1 Å². The quantitative estimate of drug-likeness (QED) is 0.893. The Hall–Kier alpha value is -1.78. The summed E-state index contributed by atoms with van der Waals surface area (Å²) < 4.78 is 0. The number of rotatable bonds is 3.